The molecule has 0 unspecified atom stereocenters. The quantitative estimate of drug-likeness (QED) is 0.434. The van der Waals surface area contributed by atoms with E-state index in [1.807, 2.05) is 12.1 Å². The fourth-order valence-corrected chi connectivity index (χ4v) is 2.41. The maximum Gasteiger partial charge on any atom is 0.335 e. The lowest BCUT2D eigenvalue weighted by molar-refractivity contribution is 0.0697. The van der Waals surface area contributed by atoms with Crippen LogP contribution in [0.15, 0.2) is 48.5 Å². The van der Waals surface area contributed by atoms with E-state index in [1.54, 1.807) is 24.3 Å². The fourth-order valence-electron chi connectivity index (χ4n) is 1.80. The molecular weight excluding hydrogens is 441 g/mol. The standard InChI is InChI=1S/C8H11NO.C7H7NO2.C3Cl3N3/c9-6-5-7-1-3-8(10)4-2-7;8-6-3-1-2-5(4-6)7(9)10;4-1-7-2(5)9-3(6)8-1/h1-4,10H,5-6,9H2;1-4H,8H2,(H,9,10);. The Bertz CT molecular complexity index is 876. The van der Waals surface area contributed by atoms with E-state index in [0.29, 0.717) is 18.0 Å². The normalized spacial score (nSPS) is 9.52. The van der Waals surface area contributed by atoms with E-state index >= 15 is 0 Å². The van der Waals surface area contributed by atoms with Crippen LogP contribution in [0.25, 0.3) is 0 Å². The zero-order chi connectivity index (χ0) is 21.8. The van der Waals surface area contributed by atoms with Crippen molar-refractivity contribution in [3.63, 3.8) is 0 Å². The average Bonchev–Trinajstić information content (AvgIpc) is 2.64. The number of nitrogens with two attached hydrogens (primary N) is 2. The fraction of sp³-hybridized carbons (Fsp3) is 0.111. The first-order valence-electron chi connectivity index (χ1n) is 8.00. The average molecular weight is 459 g/mol. The molecule has 0 fully saturated rings. The number of halogens is 3. The Morgan fingerprint density at radius 1 is 0.931 bits per heavy atom. The van der Waals surface area contributed by atoms with Crippen molar-refractivity contribution in [2.24, 2.45) is 5.73 Å². The number of nitrogen functional groups attached to an aromatic ring is 1. The summed E-state index contributed by atoms with van der Waals surface area (Å²) < 4.78 is 0. The molecule has 0 saturated heterocycles. The van der Waals surface area contributed by atoms with Crippen molar-refractivity contribution >= 4 is 46.5 Å². The number of carboxylic acids is 1. The molecular formula is C18H18Cl3N5O3. The van der Waals surface area contributed by atoms with E-state index in [0.717, 1.165) is 6.42 Å². The van der Waals surface area contributed by atoms with Crippen LogP contribution in [0.5, 0.6) is 5.75 Å². The summed E-state index contributed by atoms with van der Waals surface area (Å²) in [4.78, 5) is 20.7. The maximum atomic E-state index is 10.3. The summed E-state index contributed by atoms with van der Waals surface area (Å²) in [5, 5.41) is 17.3. The second-order valence-electron chi connectivity index (χ2n) is 5.28. The van der Waals surface area contributed by atoms with E-state index in [2.05, 4.69) is 15.0 Å². The van der Waals surface area contributed by atoms with Gasteiger partial charge in [-0.05, 0) is 83.7 Å². The molecule has 154 valence electrons. The molecule has 11 heteroatoms. The summed E-state index contributed by atoms with van der Waals surface area (Å²) in [6.07, 6.45) is 0.875. The Morgan fingerprint density at radius 2 is 1.45 bits per heavy atom. The summed E-state index contributed by atoms with van der Waals surface area (Å²) in [6.45, 7) is 0.658. The lowest BCUT2D eigenvalue weighted by Gasteiger charge is -1.96. The monoisotopic (exact) mass is 457 g/mol. The summed E-state index contributed by atoms with van der Waals surface area (Å²) in [7, 11) is 0. The second kappa shape index (κ2) is 12.7. The highest BCUT2D eigenvalue weighted by Crippen LogP contribution is 2.10. The SMILES string of the molecule is Clc1nc(Cl)nc(Cl)n1.NCCc1ccc(O)cc1.Nc1cccc(C(=O)O)c1. The molecule has 0 atom stereocenters. The molecule has 0 bridgehead atoms. The van der Waals surface area contributed by atoms with E-state index in [-0.39, 0.29) is 21.4 Å². The number of aromatic carboxylic acids is 1. The molecule has 1 aromatic heterocycles. The first kappa shape index (κ1) is 24.4. The molecule has 0 amide bonds. The van der Waals surface area contributed by atoms with E-state index < -0.39 is 5.97 Å². The Labute approximate surface area is 182 Å². The van der Waals surface area contributed by atoms with E-state index in [1.165, 1.54) is 17.7 Å². The third kappa shape index (κ3) is 10.5. The number of phenolic OH excluding ortho intramolecular Hbond substituents is 1. The molecule has 0 aliphatic heterocycles. The van der Waals surface area contributed by atoms with Crippen LogP contribution in [0, 0.1) is 0 Å². The molecule has 1 heterocycles. The van der Waals surface area contributed by atoms with Gasteiger partial charge in [-0.2, -0.15) is 15.0 Å². The minimum atomic E-state index is -0.952. The number of aromatic nitrogens is 3. The number of benzene rings is 2. The molecule has 0 spiro atoms. The number of carboxylic acid groups (broad SMARTS) is 1. The lowest BCUT2D eigenvalue weighted by atomic mass is 10.1. The minimum absolute atomic E-state index is 0.000000000000000444. The van der Waals surface area contributed by atoms with Gasteiger partial charge in [-0.25, -0.2) is 4.79 Å². The van der Waals surface area contributed by atoms with Crippen LogP contribution >= 0.6 is 34.8 Å². The van der Waals surface area contributed by atoms with Crippen LogP contribution in [0.1, 0.15) is 15.9 Å². The van der Waals surface area contributed by atoms with E-state index in [4.69, 9.17) is 56.5 Å². The van der Waals surface area contributed by atoms with Crippen LogP contribution in [0.2, 0.25) is 15.9 Å². The summed E-state index contributed by atoms with van der Waals surface area (Å²) in [5.41, 5.74) is 12.5. The number of carbonyl (C=O) groups is 1. The zero-order valence-corrected chi connectivity index (χ0v) is 17.2. The molecule has 0 radical (unpaired) electrons. The van der Waals surface area contributed by atoms with Crippen molar-refractivity contribution in [1.82, 2.24) is 15.0 Å². The highest BCUT2D eigenvalue weighted by Gasteiger charge is 2.00. The van der Waals surface area contributed by atoms with Crippen molar-refractivity contribution in [1.29, 1.82) is 0 Å². The highest BCUT2D eigenvalue weighted by molar-refractivity contribution is 6.33. The molecule has 0 aliphatic rings. The smallest absolute Gasteiger partial charge is 0.335 e. The van der Waals surface area contributed by atoms with Gasteiger partial charge in [0.1, 0.15) is 5.75 Å². The zero-order valence-electron chi connectivity index (χ0n) is 15.0. The number of hydrogen-bond acceptors (Lipinski definition) is 7. The van der Waals surface area contributed by atoms with Gasteiger partial charge in [-0.3, -0.25) is 0 Å². The number of rotatable bonds is 3. The summed E-state index contributed by atoms with van der Waals surface area (Å²) in [6, 6.07) is 13.3. The number of nitrogens with zero attached hydrogens (tertiary/aromatic N) is 3. The Hall–Kier alpha value is -2.65. The Kier molecular flexibility index (Phi) is 10.7. The third-order valence-electron chi connectivity index (χ3n) is 3.06. The molecule has 8 nitrogen and oxygen atoms in total. The highest BCUT2D eigenvalue weighted by atomic mass is 35.5. The van der Waals surface area contributed by atoms with Crippen molar-refractivity contribution in [3.8, 4) is 5.75 Å². The number of phenols is 1. The topological polar surface area (TPSA) is 148 Å². The summed E-state index contributed by atoms with van der Waals surface area (Å²) >= 11 is 16.0. The molecule has 0 saturated carbocycles. The lowest BCUT2D eigenvalue weighted by Crippen LogP contribution is -2.01. The van der Waals surface area contributed by atoms with Gasteiger partial charge in [0.05, 0.1) is 5.56 Å². The van der Waals surface area contributed by atoms with Crippen molar-refractivity contribution in [2.75, 3.05) is 12.3 Å². The first-order chi connectivity index (χ1) is 13.7. The largest absolute Gasteiger partial charge is 0.508 e. The number of anilines is 1. The molecule has 29 heavy (non-hydrogen) atoms. The number of hydrogen-bond donors (Lipinski definition) is 4. The number of aromatic hydroxyl groups is 1. The predicted molar refractivity (Wildman–Crippen MR) is 114 cm³/mol. The Morgan fingerprint density at radius 3 is 1.83 bits per heavy atom. The second-order valence-corrected chi connectivity index (χ2v) is 6.29. The van der Waals surface area contributed by atoms with Crippen LogP contribution in [-0.2, 0) is 6.42 Å². The molecule has 3 aromatic rings. The third-order valence-corrected chi connectivity index (χ3v) is 3.56. The molecule has 2 aromatic carbocycles. The molecule has 6 N–H and O–H groups in total. The van der Waals surface area contributed by atoms with Gasteiger partial charge >= 0.3 is 5.97 Å². The van der Waals surface area contributed by atoms with Gasteiger partial charge in [0.15, 0.2) is 0 Å². The van der Waals surface area contributed by atoms with Gasteiger partial charge in [0, 0.05) is 5.69 Å². The van der Waals surface area contributed by atoms with Gasteiger partial charge < -0.3 is 21.7 Å². The van der Waals surface area contributed by atoms with Gasteiger partial charge in [0.25, 0.3) is 0 Å². The van der Waals surface area contributed by atoms with Crippen molar-refractivity contribution in [2.45, 2.75) is 6.42 Å². The van der Waals surface area contributed by atoms with Gasteiger partial charge in [-0.1, -0.05) is 18.2 Å². The van der Waals surface area contributed by atoms with Gasteiger partial charge in [-0.15, -0.1) is 0 Å². The first-order valence-corrected chi connectivity index (χ1v) is 9.14. The molecule has 3 rings (SSSR count). The van der Waals surface area contributed by atoms with Crippen LogP contribution in [-0.4, -0.2) is 37.7 Å². The summed E-state index contributed by atoms with van der Waals surface area (Å²) in [5.74, 6) is -0.645. The van der Waals surface area contributed by atoms with Crippen LogP contribution in [0.3, 0.4) is 0 Å². The minimum Gasteiger partial charge on any atom is -0.508 e. The Balaban J connectivity index is 0.000000218. The van der Waals surface area contributed by atoms with Gasteiger partial charge in [0.2, 0.25) is 15.9 Å². The van der Waals surface area contributed by atoms with Crippen molar-refractivity contribution < 1.29 is 15.0 Å². The molecule has 0 aliphatic carbocycles. The maximum absolute atomic E-state index is 10.3. The predicted octanol–water partition coefficient (Wildman–Crippen LogP) is 3.69. The van der Waals surface area contributed by atoms with Crippen LogP contribution in [0.4, 0.5) is 5.69 Å². The van der Waals surface area contributed by atoms with E-state index in [9.17, 15) is 4.79 Å². The van der Waals surface area contributed by atoms with Crippen molar-refractivity contribution in [3.05, 3.63) is 75.5 Å². The van der Waals surface area contributed by atoms with Crippen LogP contribution < -0.4 is 11.5 Å².